The number of amides is 2. The molecule has 0 aliphatic heterocycles. The zero-order chi connectivity index (χ0) is 20.3. The molecule has 0 bridgehead atoms. The van der Waals surface area contributed by atoms with Crippen molar-refractivity contribution in [1.29, 1.82) is 0 Å². The number of aromatic nitrogens is 3. The molecule has 2 N–H and O–H groups in total. The van der Waals surface area contributed by atoms with Crippen LogP contribution < -0.4 is 10.6 Å². The Hall–Kier alpha value is -3.07. The van der Waals surface area contributed by atoms with E-state index in [4.69, 9.17) is 4.42 Å². The molecule has 3 aromatic rings. The van der Waals surface area contributed by atoms with E-state index < -0.39 is 0 Å². The van der Waals surface area contributed by atoms with E-state index in [2.05, 4.69) is 20.8 Å². The number of aryl methyl sites for hydroxylation is 1. The number of hydrogen-bond donors (Lipinski definition) is 2. The fourth-order valence-corrected chi connectivity index (χ4v) is 3.38. The summed E-state index contributed by atoms with van der Waals surface area (Å²) in [5, 5.41) is 14.2. The fourth-order valence-electron chi connectivity index (χ4n) is 2.56. The average Bonchev–Trinajstić information content (AvgIpc) is 3.22. The molecular formula is C19H21N5O3S. The number of carbonyl (C=O) groups excluding carboxylic acids is 2. The van der Waals surface area contributed by atoms with Gasteiger partial charge in [-0.3, -0.25) is 9.59 Å². The quantitative estimate of drug-likeness (QED) is 0.616. The summed E-state index contributed by atoms with van der Waals surface area (Å²) in [7, 11) is 1.86. The number of nitrogens with one attached hydrogen (secondary N) is 2. The Balaban J connectivity index is 1.64. The number of furan rings is 1. The van der Waals surface area contributed by atoms with Crippen molar-refractivity contribution in [2.75, 3.05) is 10.6 Å². The topological polar surface area (TPSA) is 102 Å². The Morgan fingerprint density at radius 1 is 1.11 bits per heavy atom. The van der Waals surface area contributed by atoms with Gasteiger partial charge in [0.05, 0.1) is 17.1 Å². The summed E-state index contributed by atoms with van der Waals surface area (Å²) in [6.45, 7) is 5.12. The first-order valence-corrected chi connectivity index (χ1v) is 9.52. The molecule has 1 unspecified atom stereocenters. The number of hydrogen-bond acceptors (Lipinski definition) is 6. The summed E-state index contributed by atoms with van der Waals surface area (Å²) >= 11 is 1.32. The normalized spacial score (nSPS) is 11.9. The maximum absolute atomic E-state index is 12.5. The lowest BCUT2D eigenvalue weighted by molar-refractivity contribution is -0.115. The van der Waals surface area contributed by atoms with Gasteiger partial charge in [0, 0.05) is 25.3 Å². The van der Waals surface area contributed by atoms with E-state index in [1.807, 2.05) is 31.5 Å². The number of nitrogens with zero attached hydrogens (tertiary/aromatic N) is 3. The van der Waals surface area contributed by atoms with Crippen LogP contribution in [0.25, 0.3) is 11.4 Å². The van der Waals surface area contributed by atoms with Gasteiger partial charge in [-0.25, -0.2) is 0 Å². The summed E-state index contributed by atoms with van der Waals surface area (Å²) < 4.78 is 7.17. The van der Waals surface area contributed by atoms with Crippen LogP contribution in [0.15, 0.2) is 46.2 Å². The van der Waals surface area contributed by atoms with Gasteiger partial charge in [-0.05, 0) is 44.2 Å². The molecule has 9 heteroatoms. The smallest absolute Gasteiger partial charge is 0.237 e. The summed E-state index contributed by atoms with van der Waals surface area (Å²) in [4.78, 5) is 23.6. The minimum absolute atomic E-state index is 0.143. The number of anilines is 2. The molecule has 2 amide bonds. The second-order valence-corrected chi connectivity index (χ2v) is 7.57. The maximum Gasteiger partial charge on any atom is 0.237 e. The molecule has 0 aliphatic rings. The van der Waals surface area contributed by atoms with Gasteiger partial charge in [0.2, 0.25) is 11.8 Å². The third-order valence-corrected chi connectivity index (χ3v) is 5.19. The molecule has 0 aliphatic carbocycles. The largest absolute Gasteiger partial charge is 0.469 e. The van der Waals surface area contributed by atoms with Crippen molar-refractivity contribution in [2.24, 2.45) is 7.05 Å². The van der Waals surface area contributed by atoms with E-state index in [9.17, 15) is 9.59 Å². The van der Waals surface area contributed by atoms with Gasteiger partial charge in [0.25, 0.3) is 0 Å². The van der Waals surface area contributed by atoms with Crippen molar-refractivity contribution in [1.82, 2.24) is 14.8 Å². The van der Waals surface area contributed by atoms with Crippen molar-refractivity contribution in [3.8, 4) is 11.4 Å². The van der Waals surface area contributed by atoms with Crippen molar-refractivity contribution in [2.45, 2.75) is 31.2 Å². The molecule has 0 radical (unpaired) electrons. The third-order valence-electron chi connectivity index (χ3n) is 4.06. The van der Waals surface area contributed by atoms with Gasteiger partial charge < -0.3 is 19.6 Å². The van der Waals surface area contributed by atoms with Crippen LogP contribution in [0, 0.1) is 6.92 Å². The van der Waals surface area contributed by atoms with E-state index >= 15 is 0 Å². The number of benzene rings is 1. The monoisotopic (exact) mass is 399 g/mol. The fraction of sp³-hybridized carbons (Fsp3) is 0.263. The first kappa shape index (κ1) is 19.7. The Bertz CT molecular complexity index is 993. The molecule has 28 heavy (non-hydrogen) atoms. The van der Waals surface area contributed by atoms with Crippen LogP contribution in [-0.4, -0.2) is 31.8 Å². The van der Waals surface area contributed by atoms with Crippen molar-refractivity contribution >= 4 is 35.0 Å². The predicted molar refractivity (Wildman–Crippen MR) is 108 cm³/mol. The van der Waals surface area contributed by atoms with E-state index in [-0.39, 0.29) is 17.1 Å². The summed E-state index contributed by atoms with van der Waals surface area (Å²) in [6, 6.07) is 8.79. The van der Waals surface area contributed by atoms with Gasteiger partial charge in [-0.15, -0.1) is 10.2 Å². The van der Waals surface area contributed by atoms with Gasteiger partial charge in [-0.2, -0.15) is 0 Å². The van der Waals surface area contributed by atoms with Crippen LogP contribution in [0.5, 0.6) is 0 Å². The van der Waals surface area contributed by atoms with Crippen LogP contribution in [0.1, 0.15) is 19.6 Å². The van der Waals surface area contributed by atoms with Crippen LogP contribution in [0.4, 0.5) is 11.4 Å². The van der Waals surface area contributed by atoms with Crippen LogP contribution in [0.3, 0.4) is 0 Å². The Labute approximate surface area is 166 Å². The second kappa shape index (κ2) is 8.30. The lowest BCUT2D eigenvalue weighted by atomic mass is 10.2. The third kappa shape index (κ3) is 4.42. The van der Waals surface area contributed by atoms with Crippen molar-refractivity contribution in [3.63, 3.8) is 0 Å². The first-order chi connectivity index (χ1) is 13.3. The summed E-state index contributed by atoms with van der Waals surface area (Å²) in [5.41, 5.74) is 2.20. The standard InChI is InChI=1S/C19H21N5O3S/c1-11-16(9-10-27-11)17-22-23-19(24(17)4)28-12(2)18(26)21-15-7-5-14(6-8-15)20-13(3)25/h5-10,12H,1-4H3,(H,20,25)(H,21,26). The SMILES string of the molecule is CC(=O)Nc1ccc(NC(=O)C(C)Sc2nnc(-c3ccoc3C)n2C)cc1. The molecule has 2 aromatic heterocycles. The van der Waals surface area contributed by atoms with Crippen molar-refractivity contribution < 1.29 is 14.0 Å². The predicted octanol–water partition coefficient (Wildman–Crippen LogP) is 3.46. The van der Waals surface area contributed by atoms with E-state index in [0.717, 1.165) is 11.3 Å². The lowest BCUT2D eigenvalue weighted by Gasteiger charge is -2.12. The molecule has 0 spiro atoms. The van der Waals surface area contributed by atoms with E-state index in [1.54, 1.807) is 30.5 Å². The van der Waals surface area contributed by atoms with Gasteiger partial charge in [-0.1, -0.05) is 11.8 Å². The molecular weight excluding hydrogens is 378 g/mol. The lowest BCUT2D eigenvalue weighted by Crippen LogP contribution is -2.22. The van der Waals surface area contributed by atoms with Crippen molar-refractivity contribution in [3.05, 3.63) is 42.4 Å². The molecule has 3 rings (SSSR count). The highest BCUT2D eigenvalue weighted by Gasteiger charge is 2.20. The number of rotatable bonds is 6. The number of carbonyl (C=O) groups is 2. The van der Waals surface area contributed by atoms with Gasteiger partial charge in [0.1, 0.15) is 5.76 Å². The Kier molecular flexibility index (Phi) is 5.84. The summed E-state index contributed by atoms with van der Waals surface area (Å²) in [5.74, 6) is 1.16. The molecule has 146 valence electrons. The van der Waals surface area contributed by atoms with Crippen LogP contribution in [-0.2, 0) is 16.6 Å². The minimum Gasteiger partial charge on any atom is -0.469 e. The second-order valence-electron chi connectivity index (χ2n) is 6.26. The van der Waals surface area contributed by atoms with Gasteiger partial charge >= 0.3 is 0 Å². The Morgan fingerprint density at radius 2 is 1.75 bits per heavy atom. The highest BCUT2D eigenvalue weighted by atomic mass is 32.2. The maximum atomic E-state index is 12.5. The van der Waals surface area contributed by atoms with Gasteiger partial charge in [0.15, 0.2) is 11.0 Å². The highest BCUT2D eigenvalue weighted by Crippen LogP contribution is 2.28. The Morgan fingerprint density at radius 3 is 2.32 bits per heavy atom. The minimum atomic E-state index is -0.379. The molecule has 2 heterocycles. The van der Waals surface area contributed by atoms with Crippen LogP contribution >= 0.6 is 11.8 Å². The zero-order valence-electron chi connectivity index (χ0n) is 16.0. The van der Waals surface area contributed by atoms with E-state index in [1.165, 1.54) is 18.7 Å². The molecule has 0 fully saturated rings. The highest BCUT2D eigenvalue weighted by molar-refractivity contribution is 8.00. The zero-order valence-corrected chi connectivity index (χ0v) is 16.8. The molecule has 0 saturated carbocycles. The molecule has 1 atom stereocenters. The molecule has 0 saturated heterocycles. The van der Waals surface area contributed by atoms with E-state index in [0.29, 0.717) is 22.4 Å². The number of thioether (sulfide) groups is 1. The summed E-state index contributed by atoms with van der Waals surface area (Å²) in [6.07, 6.45) is 1.61. The first-order valence-electron chi connectivity index (χ1n) is 8.64. The van der Waals surface area contributed by atoms with Crippen LogP contribution in [0.2, 0.25) is 0 Å². The molecule has 1 aromatic carbocycles. The average molecular weight is 399 g/mol. The molecule has 8 nitrogen and oxygen atoms in total.